The first-order chi connectivity index (χ1) is 11.1. The summed E-state index contributed by atoms with van der Waals surface area (Å²) < 4.78 is 5.91. The number of nitrogens with zero attached hydrogens (tertiary/aromatic N) is 1. The standard InChI is InChI=1S/C17H20ClNO4/c18-14-3-1-2-4-15(14)23-11-7-9-19(10-8-11)16(20)12-5-6-13(12)17(21)22/h1-4,11-13H,5-10H2,(H,21,22). The fraction of sp³-hybridized carbons (Fsp3) is 0.529. The number of carbonyl (C=O) groups excluding carboxylic acids is 1. The molecule has 1 aliphatic heterocycles. The predicted octanol–water partition coefficient (Wildman–Crippen LogP) is 2.82. The van der Waals surface area contributed by atoms with Crippen LogP contribution in [0.25, 0.3) is 0 Å². The molecule has 1 aliphatic carbocycles. The molecule has 1 heterocycles. The van der Waals surface area contributed by atoms with Crippen molar-refractivity contribution in [2.24, 2.45) is 11.8 Å². The zero-order valence-electron chi connectivity index (χ0n) is 12.8. The van der Waals surface area contributed by atoms with Crippen LogP contribution in [0, 0.1) is 11.8 Å². The molecule has 0 spiro atoms. The van der Waals surface area contributed by atoms with Crippen LogP contribution in [0.5, 0.6) is 5.75 Å². The molecular weight excluding hydrogens is 318 g/mol. The van der Waals surface area contributed by atoms with Gasteiger partial charge in [-0.25, -0.2) is 0 Å². The second-order valence-corrected chi connectivity index (χ2v) is 6.61. The van der Waals surface area contributed by atoms with Crippen molar-refractivity contribution >= 4 is 23.5 Å². The first kappa shape index (κ1) is 16.1. The highest BCUT2D eigenvalue weighted by molar-refractivity contribution is 6.32. The Morgan fingerprint density at radius 2 is 1.74 bits per heavy atom. The van der Waals surface area contributed by atoms with Gasteiger partial charge in [0, 0.05) is 25.9 Å². The first-order valence-corrected chi connectivity index (χ1v) is 8.37. The number of likely N-dealkylation sites (tertiary alicyclic amines) is 1. The Bertz CT molecular complexity index is 598. The highest BCUT2D eigenvalue weighted by atomic mass is 35.5. The van der Waals surface area contributed by atoms with Crippen LogP contribution in [0.1, 0.15) is 25.7 Å². The van der Waals surface area contributed by atoms with Crippen LogP contribution in [0.2, 0.25) is 5.02 Å². The maximum atomic E-state index is 12.4. The van der Waals surface area contributed by atoms with Gasteiger partial charge >= 0.3 is 5.97 Å². The van der Waals surface area contributed by atoms with E-state index < -0.39 is 11.9 Å². The van der Waals surface area contributed by atoms with Crippen LogP contribution in [-0.2, 0) is 9.59 Å². The van der Waals surface area contributed by atoms with Crippen LogP contribution >= 0.6 is 11.6 Å². The number of amides is 1. The molecule has 3 rings (SSSR count). The Kier molecular flexibility index (Phi) is 4.76. The summed E-state index contributed by atoms with van der Waals surface area (Å²) in [5.74, 6) is -1.04. The van der Waals surface area contributed by atoms with E-state index in [9.17, 15) is 9.59 Å². The summed E-state index contributed by atoms with van der Waals surface area (Å²) in [7, 11) is 0. The van der Waals surface area contributed by atoms with E-state index in [0.29, 0.717) is 36.7 Å². The van der Waals surface area contributed by atoms with Crippen molar-refractivity contribution in [3.05, 3.63) is 29.3 Å². The summed E-state index contributed by atoms with van der Waals surface area (Å²) in [6, 6.07) is 7.36. The SMILES string of the molecule is O=C(O)C1CCC1C(=O)N1CCC(Oc2ccccc2Cl)CC1. The van der Waals surface area contributed by atoms with Gasteiger partial charge in [-0.15, -0.1) is 0 Å². The molecule has 2 fully saturated rings. The van der Waals surface area contributed by atoms with Gasteiger partial charge < -0.3 is 14.7 Å². The number of benzene rings is 1. The lowest BCUT2D eigenvalue weighted by atomic mass is 9.72. The highest BCUT2D eigenvalue weighted by Gasteiger charge is 2.43. The third kappa shape index (κ3) is 3.44. The molecule has 23 heavy (non-hydrogen) atoms. The van der Waals surface area contributed by atoms with Gasteiger partial charge in [-0.1, -0.05) is 23.7 Å². The lowest BCUT2D eigenvalue weighted by Gasteiger charge is -2.39. The number of halogens is 1. The molecule has 1 N–H and O–H groups in total. The quantitative estimate of drug-likeness (QED) is 0.917. The van der Waals surface area contributed by atoms with E-state index in [0.717, 1.165) is 12.8 Å². The Balaban J connectivity index is 1.51. The van der Waals surface area contributed by atoms with Gasteiger partial charge in [0.15, 0.2) is 0 Å². The van der Waals surface area contributed by atoms with E-state index in [-0.39, 0.29) is 17.9 Å². The van der Waals surface area contributed by atoms with Crippen LogP contribution in [0.3, 0.4) is 0 Å². The van der Waals surface area contributed by atoms with Gasteiger partial charge in [0.2, 0.25) is 5.91 Å². The summed E-state index contributed by atoms with van der Waals surface area (Å²) in [6.07, 6.45) is 2.81. The molecule has 5 nitrogen and oxygen atoms in total. The number of rotatable bonds is 4. The van der Waals surface area contributed by atoms with Gasteiger partial charge in [0.1, 0.15) is 11.9 Å². The van der Waals surface area contributed by atoms with E-state index in [1.54, 1.807) is 11.0 Å². The van der Waals surface area contributed by atoms with Gasteiger partial charge in [-0.05, 0) is 25.0 Å². The fourth-order valence-corrected chi connectivity index (χ4v) is 3.42. The third-order valence-corrected chi connectivity index (χ3v) is 5.10. The Labute approximate surface area is 140 Å². The Hall–Kier alpha value is -1.75. The molecule has 1 saturated heterocycles. The molecule has 1 aromatic carbocycles. The number of carbonyl (C=O) groups is 2. The minimum atomic E-state index is -0.855. The number of carboxylic acids is 1. The maximum absolute atomic E-state index is 12.4. The second-order valence-electron chi connectivity index (χ2n) is 6.20. The number of piperidine rings is 1. The van der Waals surface area contributed by atoms with Gasteiger partial charge in [-0.2, -0.15) is 0 Å². The van der Waals surface area contributed by atoms with Crippen LogP contribution in [0.15, 0.2) is 24.3 Å². The van der Waals surface area contributed by atoms with Gasteiger partial charge in [-0.3, -0.25) is 9.59 Å². The van der Waals surface area contributed by atoms with Crippen LogP contribution < -0.4 is 4.74 Å². The summed E-state index contributed by atoms with van der Waals surface area (Å²) in [4.78, 5) is 25.3. The molecule has 0 bridgehead atoms. The number of para-hydroxylation sites is 1. The van der Waals surface area contributed by atoms with Crippen LogP contribution in [-0.4, -0.2) is 41.1 Å². The first-order valence-electron chi connectivity index (χ1n) is 7.99. The molecule has 6 heteroatoms. The number of carboxylic acid groups (broad SMARTS) is 1. The van der Waals surface area contributed by atoms with E-state index in [1.165, 1.54) is 0 Å². The van der Waals surface area contributed by atoms with Crippen molar-refractivity contribution in [2.75, 3.05) is 13.1 Å². The number of ether oxygens (including phenoxy) is 1. The van der Waals surface area contributed by atoms with Crippen molar-refractivity contribution < 1.29 is 19.4 Å². The lowest BCUT2D eigenvalue weighted by Crippen LogP contribution is -2.49. The van der Waals surface area contributed by atoms with E-state index >= 15 is 0 Å². The smallest absolute Gasteiger partial charge is 0.307 e. The molecule has 2 atom stereocenters. The monoisotopic (exact) mass is 337 g/mol. The molecule has 0 aromatic heterocycles. The summed E-state index contributed by atoms with van der Waals surface area (Å²) in [5, 5.41) is 9.67. The average Bonchev–Trinajstić information content (AvgIpc) is 2.48. The van der Waals surface area contributed by atoms with E-state index in [1.807, 2.05) is 18.2 Å². The topological polar surface area (TPSA) is 66.8 Å². The fourth-order valence-electron chi connectivity index (χ4n) is 3.24. The Morgan fingerprint density at radius 1 is 1.09 bits per heavy atom. The zero-order valence-corrected chi connectivity index (χ0v) is 13.5. The molecule has 1 saturated carbocycles. The van der Waals surface area contributed by atoms with Crippen LogP contribution in [0.4, 0.5) is 0 Å². The summed E-state index contributed by atoms with van der Waals surface area (Å²) >= 11 is 6.09. The third-order valence-electron chi connectivity index (χ3n) is 4.79. The molecule has 0 radical (unpaired) electrons. The summed E-state index contributed by atoms with van der Waals surface area (Å²) in [6.45, 7) is 1.22. The highest BCUT2D eigenvalue weighted by Crippen LogP contribution is 2.36. The average molecular weight is 338 g/mol. The lowest BCUT2D eigenvalue weighted by molar-refractivity contribution is -0.157. The van der Waals surface area contributed by atoms with Gasteiger partial charge in [0.05, 0.1) is 16.9 Å². The minimum absolute atomic E-state index is 0.0140. The minimum Gasteiger partial charge on any atom is -0.489 e. The largest absolute Gasteiger partial charge is 0.489 e. The van der Waals surface area contributed by atoms with Crippen molar-refractivity contribution in [3.8, 4) is 5.75 Å². The number of hydrogen-bond donors (Lipinski definition) is 1. The predicted molar refractivity (Wildman–Crippen MR) is 85.5 cm³/mol. The van der Waals surface area contributed by atoms with Crippen molar-refractivity contribution in [3.63, 3.8) is 0 Å². The Morgan fingerprint density at radius 3 is 2.30 bits per heavy atom. The second kappa shape index (κ2) is 6.79. The molecule has 124 valence electrons. The molecule has 1 aromatic rings. The molecule has 2 aliphatic rings. The number of aliphatic carboxylic acids is 1. The maximum Gasteiger partial charge on any atom is 0.307 e. The van der Waals surface area contributed by atoms with Crippen molar-refractivity contribution in [1.29, 1.82) is 0 Å². The molecular formula is C17H20ClNO4. The normalized spacial score (nSPS) is 24.8. The van der Waals surface area contributed by atoms with Crippen molar-refractivity contribution in [1.82, 2.24) is 4.90 Å². The van der Waals surface area contributed by atoms with E-state index in [4.69, 9.17) is 21.4 Å². The van der Waals surface area contributed by atoms with Crippen molar-refractivity contribution in [2.45, 2.75) is 31.8 Å². The molecule has 2 unspecified atom stereocenters. The molecule has 1 amide bonds. The zero-order chi connectivity index (χ0) is 16.4. The van der Waals surface area contributed by atoms with E-state index in [2.05, 4.69) is 0 Å². The number of hydrogen-bond acceptors (Lipinski definition) is 3. The summed E-state index contributed by atoms with van der Waals surface area (Å²) in [5.41, 5.74) is 0. The van der Waals surface area contributed by atoms with Gasteiger partial charge in [0.25, 0.3) is 0 Å².